The van der Waals surface area contributed by atoms with Crippen molar-refractivity contribution in [1.29, 1.82) is 0 Å². The van der Waals surface area contributed by atoms with Crippen LogP contribution in [0.1, 0.15) is 16.2 Å². The second kappa shape index (κ2) is 8.51. The van der Waals surface area contributed by atoms with Gasteiger partial charge in [0.25, 0.3) is 5.91 Å². The molecule has 3 aromatic rings. The van der Waals surface area contributed by atoms with Gasteiger partial charge >= 0.3 is 0 Å². The number of aromatic nitrogens is 2. The number of carbonyl (C=O) groups excluding carboxylic acids is 1. The van der Waals surface area contributed by atoms with Gasteiger partial charge in [-0.3, -0.25) is 4.79 Å². The molecule has 0 unspecified atom stereocenters. The van der Waals surface area contributed by atoms with Crippen molar-refractivity contribution in [3.63, 3.8) is 0 Å². The van der Waals surface area contributed by atoms with Gasteiger partial charge in [0.2, 0.25) is 11.7 Å². The van der Waals surface area contributed by atoms with Crippen LogP contribution in [0, 0.1) is 0 Å². The highest BCUT2D eigenvalue weighted by atomic mass is 35.5. The highest BCUT2D eigenvalue weighted by molar-refractivity contribution is 6.30. The summed E-state index contributed by atoms with van der Waals surface area (Å²) in [5.41, 5.74) is 1.28. The molecule has 6 nitrogen and oxygen atoms in total. The number of methoxy groups -OCH3 is 1. The van der Waals surface area contributed by atoms with Crippen molar-refractivity contribution in [2.75, 3.05) is 13.7 Å². The Kier molecular flexibility index (Phi) is 5.88. The number of carbonyl (C=O) groups is 1. The first kappa shape index (κ1) is 18.7. The lowest BCUT2D eigenvalue weighted by atomic mass is 10.2. The molecule has 0 saturated carbocycles. The van der Waals surface area contributed by atoms with Gasteiger partial charge in [0.15, 0.2) is 0 Å². The third-order valence-corrected chi connectivity index (χ3v) is 4.09. The van der Waals surface area contributed by atoms with Gasteiger partial charge in [-0.2, -0.15) is 4.98 Å². The van der Waals surface area contributed by atoms with E-state index in [4.69, 9.17) is 20.9 Å². The maximum Gasteiger partial charge on any atom is 0.254 e. The van der Waals surface area contributed by atoms with Crippen molar-refractivity contribution >= 4 is 17.5 Å². The summed E-state index contributed by atoms with van der Waals surface area (Å²) in [5.74, 6) is 1.33. The maximum absolute atomic E-state index is 12.8. The fourth-order valence-corrected chi connectivity index (χ4v) is 2.71. The maximum atomic E-state index is 12.8. The summed E-state index contributed by atoms with van der Waals surface area (Å²) in [4.78, 5) is 18.7. The smallest absolute Gasteiger partial charge is 0.254 e. The summed E-state index contributed by atoms with van der Waals surface area (Å²) in [5, 5.41) is 4.49. The lowest BCUT2D eigenvalue weighted by Gasteiger charge is -2.19. The fourth-order valence-electron chi connectivity index (χ4n) is 2.52. The topological polar surface area (TPSA) is 68.5 Å². The molecule has 0 atom stereocenters. The highest BCUT2D eigenvalue weighted by Crippen LogP contribution is 2.20. The standard InChI is InChI=1S/C20H18ClN3O3/c1-3-11-24(20(25)15-5-4-6-16(21)12-15)13-18-22-19(23-27-18)14-7-9-17(26-2)10-8-14/h3-10,12H,1,11,13H2,2H3. The van der Waals surface area contributed by atoms with E-state index in [0.29, 0.717) is 28.8 Å². The van der Waals surface area contributed by atoms with Gasteiger partial charge in [0, 0.05) is 22.7 Å². The summed E-state index contributed by atoms with van der Waals surface area (Å²) >= 11 is 5.98. The van der Waals surface area contributed by atoms with Crippen LogP contribution in [0.5, 0.6) is 5.75 Å². The molecule has 0 aliphatic rings. The second-order valence-corrected chi connectivity index (χ2v) is 6.16. The molecule has 2 aromatic carbocycles. The van der Waals surface area contributed by atoms with Gasteiger partial charge in [-0.15, -0.1) is 6.58 Å². The molecule has 27 heavy (non-hydrogen) atoms. The molecule has 0 radical (unpaired) electrons. The van der Waals surface area contributed by atoms with Crippen LogP contribution >= 0.6 is 11.6 Å². The van der Waals surface area contributed by atoms with Crippen LogP contribution in [0.25, 0.3) is 11.4 Å². The summed E-state index contributed by atoms with van der Waals surface area (Å²) in [6.45, 7) is 4.21. The van der Waals surface area contributed by atoms with E-state index in [2.05, 4.69) is 16.7 Å². The molecular weight excluding hydrogens is 366 g/mol. The zero-order valence-corrected chi connectivity index (χ0v) is 15.5. The minimum atomic E-state index is -0.193. The fraction of sp³-hybridized carbons (Fsp3) is 0.150. The van der Waals surface area contributed by atoms with Crippen molar-refractivity contribution in [3.05, 3.63) is 77.7 Å². The number of hydrogen-bond donors (Lipinski definition) is 0. The first-order chi connectivity index (χ1) is 13.1. The van der Waals surface area contributed by atoms with Crippen LogP contribution in [0.2, 0.25) is 5.02 Å². The molecular formula is C20H18ClN3O3. The van der Waals surface area contributed by atoms with E-state index in [1.54, 1.807) is 42.4 Å². The molecule has 3 rings (SSSR count). The normalized spacial score (nSPS) is 10.4. The van der Waals surface area contributed by atoms with E-state index in [0.717, 1.165) is 11.3 Å². The third-order valence-electron chi connectivity index (χ3n) is 3.85. The quantitative estimate of drug-likeness (QED) is 0.571. The largest absolute Gasteiger partial charge is 0.497 e. The van der Waals surface area contributed by atoms with Gasteiger partial charge in [-0.1, -0.05) is 28.9 Å². The first-order valence-electron chi connectivity index (χ1n) is 8.23. The lowest BCUT2D eigenvalue weighted by molar-refractivity contribution is 0.0745. The van der Waals surface area contributed by atoms with E-state index in [1.807, 2.05) is 24.3 Å². The second-order valence-electron chi connectivity index (χ2n) is 5.72. The number of ether oxygens (including phenoxy) is 1. The van der Waals surface area contributed by atoms with Gasteiger partial charge < -0.3 is 14.2 Å². The van der Waals surface area contributed by atoms with Gasteiger partial charge in [-0.05, 0) is 42.5 Å². The Hall–Kier alpha value is -3.12. The van der Waals surface area contributed by atoms with Gasteiger partial charge in [0.1, 0.15) is 12.3 Å². The summed E-state index contributed by atoms with van der Waals surface area (Å²) in [7, 11) is 1.60. The predicted molar refractivity (Wildman–Crippen MR) is 103 cm³/mol. The minimum absolute atomic E-state index is 0.167. The van der Waals surface area contributed by atoms with Gasteiger partial charge in [-0.25, -0.2) is 0 Å². The minimum Gasteiger partial charge on any atom is -0.497 e. The van der Waals surface area contributed by atoms with Crippen LogP contribution in [0.15, 0.2) is 65.7 Å². The zero-order chi connectivity index (χ0) is 19.2. The summed E-state index contributed by atoms with van der Waals surface area (Å²) in [6.07, 6.45) is 1.64. The number of benzene rings is 2. The van der Waals surface area contributed by atoms with Crippen molar-refractivity contribution in [3.8, 4) is 17.1 Å². The molecule has 0 saturated heterocycles. The Morgan fingerprint density at radius 2 is 2.07 bits per heavy atom. The van der Waals surface area contributed by atoms with Crippen molar-refractivity contribution < 1.29 is 14.1 Å². The van der Waals surface area contributed by atoms with Crippen LogP contribution < -0.4 is 4.74 Å². The Morgan fingerprint density at radius 1 is 1.30 bits per heavy atom. The molecule has 1 aromatic heterocycles. The zero-order valence-electron chi connectivity index (χ0n) is 14.8. The monoisotopic (exact) mass is 383 g/mol. The molecule has 1 heterocycles. The molecule has 138 valence electrons. The average Bonchev–Trinajstić information content (AvgIpc) is 3.16. The Bertz CT molecular complexity index is 938. The molecule has 0 N–H and O–H groups in total. The van der Waals surface area contributed by atoms with E-state index in [1.165, 1.54) is 0 Å². The van der Waals surface area contributed by atoms with Crippen LogP contribution in [-0.4, -0.2) is 34.6 Å². The van der Waals surface area contributed by atoms with Crippen molar-refractivity contribution in [2.24, 2.45) is 0 Å². The molecule has 0 aliphatic heterocycles. The van der Waals surface area contributed by atoms with E-state index >= 15 is 0 Å². The predicted octanol–water partition coefficient (Wildman–Crippen LogP) is 4.23. The molecule has 1 amide bonds. The molecule has 0 fully saturated rings. The molecule has 7 heteroatoms. The SMILES string of the molecule is C=CCN(Cc1nc(-c2ccc(OC)cc2)no1)C(=O)c1cccc(Cl)c1. The Balaban J connectivity index is 1.77. The van der Waals surface area contributed by atoms with Gasteiger partial charge in [0.05, 0.1) is 7.11 Å². The number of rotatable bonds is 7. The Morgan fingerprint density at radius 3 is 2.74 bits per heavy atom. The van der Waals surface area contributed by atoms with Crippen molar-refractivity contribution in [2.45, 2.75) is 6.54 Å². The number of nitrogens with zero attached hydrogens (tertiary/aromatic N) is 3. The summed E-state index contributed by atoms with van der Waals surface area (Å²) in [6, 6.07) is 14.1. The van der Waals surface area contributed by atoms with Crippen LogP contribution in [0.4, 0.5) is 0 Å². The number of hydrogen-bond acceptors (Lipinski definition) is 5. The number of amides is 1. The van der Waals surface area contributed by atoms with E-state index in [9.17, 15) is 4.79 Å². The third kappa shape index (κ3) is 4.54. The number of halogens is 1. The summed E-state index contributed by atoms with van der Waals surface area (Å²) < 4.78 is 10.5. The molecule has 0 aliphatic carbocycles. The Labute approximate surface area is 162 Å². The van der Waals surface area contributed by atoms with E-state index in [-0.39, 0.29) is 12.5 Å². The lowest BCUT2D eigenvalue weighted by Crippen LogP contribution is -2.30. The van der Waals surface area contributed by atoms with Crippen molar-refractivity contribution in [1.82, 2.24) is 15.0 Å². The average molecular weight is 384 g/mol. The molecule has 0 bridgehead atoms. The van der Waals surface area contributed by atoms with Crippen LogP contribution in [0.3, 0.4) is 0 Å². The first-order valence-corrected chi connectivity index (χ1v) is 8.61. The highest BCUT2D eigenvalue weighted by Gasteiger charge is 2.19. The van der Waals surface area contributed by atoms with E-state index < -0.39 is 0 Å². The molecule has 0 spiro atoms. The van der Waals surface area contributed by atoms with Crippen LogP contribution in [-0.2, 0) is 6.54 Å².